The molecule has 1 heterocycles. The van der Waals surface area contributed by atoms with Gasteiger partial charge in [-0.05, 0) is 47.7 Å². The van der Waals surface area contributed by atoms with Gasteiger partial charge in [-0.2, -0.15) is 8.78 Å². The first-order valence-electron chi connectivity index (χ1n) is 11.2. The number of rotatable bonds is 4. The summed E-state index contributed by atoms with van der Waals surface area (Å²) in [6, 6.07) is 15.4. The molecule has 0 aromatic heterocycles. The van der Waals surface area contributed by atoms with Crippen LogP contribution in [0.4, 0.5) is 30.2 Å². The largest absolute Gasteiger partial charge is 0.431 e. The highest BCUT2D eigenvalue weighted by Gasteiger charge is 2.24. The van der Waals surface area contributed by atoms with Crippen LogP contribution in [0.15, 0.2) is 60.7 Å². The average molecular weight is 493 g/mol. The summed E-state index contributed by atoms with van der Waals surface area (Å²) in [5, 5.41) is 5.77. The number of fused-ring (bicyclic) bond motifs is 4. The zero-order valence-electron chi connectivity index (χ0n) is 19.1. The normalized spacial score (nSPS) is 16.0. The third-order valence-corrected chi connectivity index (χ3v) is 5.81. The average Bonchev–Trinajstić information content (AvgIpc) is 2.86. The molecule has 1 atom stereocenters. The van der Waals surface area contributed by atoms with Crippen molar-refractivity contribution >= 4 is 28.8 Å². The fourth-order valence-electron chi connectivity index (χ4n) is 4.09. The topological polar surface area (TPSA) is 71.8 Å². The van der Waals surface area contributed by atoms with Gasteiger partial charge in [0.05, 0.1) is 6.57 Å². The second-order valence-corrected chi connectivity index (χ2v) is 8.32. The Bertz CT molecular complexity index is 1320. The Kier molecular flexibility index (Phi) is 7.54. The summed E-state index contributed by atoms with van der Waals surface area (Å²) in [5.74, 6) is -2.32. The second-order valence-electron chi connectivity index (χ2n) is 8.32. The standard InChI is InChI=1S/C27H22F3N3O3/c1-31-19-7-9-20(10-8-19)33-25-17-4-2-3-16(13-17)5-12-24(35)32-21-14-18(6-11-23(25)34)26(22(28)15-21)36-27(29)30/h2-4,7-10,13-15,25,27,33H,5-6,11-12H2,(H,32,35). The smallest absolute Gasteiger partial charge is 0.387 e. The quantitative estimate of drug-likeness (QED) is 0.424. The molecule has 3 aromatic carbocycles. The molecule has 3 aromatic rings. The molecule has 1 aliphatic heterocycles. The monoisotopic (exact) mass is 493 g/mol. The molecule has 184 valence electrons. The van der Waals surface area contributed by atoms with Gasteiger partial charge in [-0.3, -0.25) is 9.59 Å². The number of amides is 1. The van der Waals surface area contributed by atoms with Gasteiger partial charge >= 0.3 is 6.61 Å². The van der Waals surface area contributed by atoms with E-state index < -0.39 is 24.2 Å². The zero-order valence-corrected chi connectivity index (χ0v) is 19.1. The van der Waals surface area contributed by atoms with E-state index in [1.807, 2.05) is 12.1 Å². The number of halogens is 3. The highest BCUT2D eigenvalue weighted by molar-refractivity contribution is 5.91. The van der Waals surface area contributed by atoms with E-state index >= 15 is 0 Å². The number of alkyl halides is 2. The van der Waals surface area contributed by atoms with Crippen LogP contribution < -0.4 is 15.4 Å². The summed E-state index contributed by atoms with van der Waals surface area (Å²) in [5.41, 5.74) is 2.71. The van der Waals surface area contributed by atoms with Crippen LogP contribution in [-0.2, 0) is 22.4 Å². The first-order chi connectivity index (χ1) is 17.3. The Morgan fingerprint density at radius 3 is 2.50 bits per heavy atom. The predicted octanol–water partition coefficient (Wildman–Crippen LogP) is 6.22. The van der Waals surface area contributed by atoms with E-state index in [0.29, 0.717) is 23.4 Å². The SMILES string of the molecule is [C-]#[N+]c1ccc(NC2C(=O)CCc3cc(cc(F)c3OC(F)F)NC(=O)CCc3cccc2c3)cc1. The van der Waals surface area contributed by atoms with Crippen molar-refractivity contribution in [3.8, 4) is 5.75 Å². The summed E-state index contributed by atoms with van der Waals surface area (Å²) in [6.45, 7) is 3.85. The molecule has 0 saturated carbocycles. The molecule has 6 nitrogen and oxygen atoms in total. The van der Waals surface area contributed by atoms with Crippen molar-refractivity contribution in [2.24, 2.45) is 0 Å². The van der Waals surface area contributed by atoms with Gasteiger partial charge in [-0.15, -0.1) is 0 Å². The van der Waals surface area contributed by atoms with Gasteiger partial charge in [-0.1, -0.05) is 36.4 Å². The van der Waals surface area contributed by atoms with Crippen LogP contribution in [0, 0.1) is 12.4 Å². The van der Waals surface area contributed by atoms with Crippen molar-refractivity contribution in [1.82, 2.24) is 0 Å². The van der Waals surface area contributed by atoms with E-state index in [1.165, 1.54) is 6.07 Å². The molecule has 1 amide bonds. The summed E-state index contributed by atoms with van der Waals surface area (Å²) in [6.07, 6.45) is 0.274. The lowest BCUT2D eigenvalue weighted by Crippen LogP contribution is -2.22. The molecule has 4 rings (SSSR count). The lowest BCUT2D eigenvalue weighted by Gasteiger charge is -2.21. The van der Waals surface area contributed by atoms with Crippen LogP contribution in [-0.4, -0.2) is 18.3 Å². The van der Waals surface area contributed by atoms with E-state index in [2.05, 4.69) is 20.2 Å². The Hall–Kier alpha value is -4.32. The molecule has 36 heavy (non-hydrogen) atoms. The number of carbonyl (C=O) groups is 2. The Morgan fingerprint density at radius 2 is 1.78 bits per heavy atom. The molecule has 1 unspecified atom stereocenters. The minimum Gasteiger partial charge on any atom is -0.431 e. The molecule has 0 fully saturated rings. The zero-order chi connectivity index (χ0) is 25.7. The van der Waals surface area contributed by atoms with Crippen molar-refractivity contribution in [3.05, 3.63) is 94.6 Å². The van der Waals surface area contributed by atoms with E-state index in [1.54, 1.807) is 36.4 Å². The van der Waals surface area contributed by atoms with Crippen LogP contribution in [0.1, 0.15) is 35.6 Å². The molecule has 0 spiro atoms. The maximum absolute atomic E-state index is 14.6. The summed E-state index contributed by atoms with van der Waals surface area (Å²) in [7, 11) is 0. The van der Waals surface area contributed by atoms with Crippen molar-refractivity contribution in [2.45, 2.75) is 38.3 Å². The van der Waals surface area contributed by atoms with Gasteiger partial charge in [-0.25, -0.2) is 9.24 Å². The maximum atomic E-state index is 14.6. The van der Waals surface area contributed by atoms with E-state index in [0.717, 1.165) is 11.6 Å². The lowest BCUT2D eigenvalue weighted by atomic mass is 9.94. The van der Waals surface area contributed by atoms with E-state index in [9.17, 15) is 22.8 Å². The van der Waals surface area contributed by atoms with Gasteiger partial charge in [0.25, 0.3) is 0 Å². The summed E-state index contributed by atoms with van der Waals surface area (Å²) >= 11 is 0. The van der Waals surface area contributed by atoms with Crippen LogP contribution in [0.25, 0.3) is 4.85 Å². The fraction of sp³-hybridized carbons (Fsp3) is 0.222. The predicted molar refractivity (Wildman–Crippen MR) is 129 cm³/mol. The number of hydrogen-bond donors (Lipinski definition) is 2. The molecule has 4 bridgehead atoms. The van der Waals surface area contributed by atoms with Gasteiger partial charge in [0, 0.05) is 30.3 Å². The number of nitrogens with zero attached hydrogens (tertiary/aromatic N) is 1. The number of carbonyl (C=O) groups excluding carboxylic acids is 2. The third kappa shape index (κ3) is 6.02. The molecule has 1 aliphatic rings. The number of ether oxygens (including phenoxy) is 1. The van der Waals surface area contributed by atoms with Gasteiger partial charge < -0.3 is 15.4 Å². The number of anilines is 2. The van der Waals surface area contributed by atoms with Crippen molar-refractivity contribution in [3.63, 3.8) is 0 Å². The summed E-state index contributed by atoms with van der Waals surface area (Å²) in [4.78, 5) is 29.2. The minimum absolute atomic E-state index is 0.0462. The number of Topliss-reactive ketones (excluding diaryl/α,β-unsaturated/α-hetero) is 1. The van der Waals surface area contributed by atoms with Gasteiger partial charge in [0.1, 0.15) is 6.04 Å². The van der Waals surface area contributed by atoms with Crippen molar-refractivity contribution in [1.29, 1.82) is 0 Å². The highest BCUT2D eigenvalue weighted by Crippen LogP contribution is 2.32. The van der Waals surface area contributed by atoms with Crippen LogP contribution in [0.3, 0.4) is 0 Å². The molecule has 9 heteroatoms. The van der Waals surface area contributed by atoms with Crippen LogP contribution in [0.2, 0.25) is 0 Å². The number of ketones is 1. The Balaban J connectivity index is 1.71. The lowest BCUT2D eigenvalue weighted by molar-refractivity contribution is -0.120. The molecule has 0 saturated heterocycles. The number of benzene rings is 3. The Labute approximate surface area is 205 Å². The van der Waals surface area contributed by atoms with E-state index in [-0.39, 0.29) is 42.2 Å². The van der Waals surface area contributed by atoms with Crippen molar-refractivity contribution in [2.75, 3.05) is 10.6 Å². The molecule has 2 N–H and O–H groups in total. The van der Waals surface area contributed by atoms with Crippen LogP contribution in [0.5, 0.6) is 5.75 Å². The second kappa shape index (κ2) is 11.0. The number of aryl methyl sites for hydroxylation is 2. The van der Waals surface area contributed by atoms with Crippen LogP contribution >= 0.6 is 0 Å². The molecular weight excluding hydrogens is 471 g/mol. The maximum Gasteiger partial charge on any atom is 0.387 e. The number of hydrogen-bond acceptors (Lipinski definition) is 4. The molecule has 0 radical (unpaired) electrons. The molecular formula is C27H22F3N3O3. The molecule has 0 aliphatic carbocycles. The first kappa shape index (κ1) is 24.8. The Morgan fingerprint density at radius 1 is 1.00 bits per heavy atom. The van der Waals surface area contributed by atoms with E-state index in [4.69, 9.17) is 6.57 Å². The van der Waals surface area contributed by atoms with Gasteiger partial charge in [0.2, 0.25) is 5.91 Å². The van der Waals surface area contributed by atoms with Gasteiger partial charge in [0.15, 0.2) is 23.0 Å². The third-order valence-electron chi connectivity index (χ3n) is 5.81. The number of nitrogens with one attached hydrogen (secondary N) is 2. The first-order valence-corrected chi connectivity index (χ1v) is 11.2. The fourth-order valence-corrected chi connectivity index (χ4v) is 4.09. The highest BCUT2D eigenvalue weighted by atomic mass is 19.3. The minimum atomic E-state index is -3.25. The van der Waals surface area contributed by atoms with Crippen molar-refractivity contribution < 1.29 is 27.5 Å². The summed E-state index contributed by atoms with van der Waals surface area (Å²) < 4.78 is 44.9.